The molecule has 0 bridgehead atoms. The number of thiazole rings is 1. The van der Waals surface area contributed by atoms with Crippen molar-refractivity contribution < 1.29 is 8.78 Å². The van der Waals surface area contributed by atoms with Crippen LogP contribution in [0.1, 0.15) is 28.1 Å². The lowest BCUT2D eigenvalue weighted by molar-refractivity contribution is 0.498. The maximum atomic E-state index is 13.6. The molecule has 2 rings (SSSR count). The molecule has 1 aromatic heterocycles. The molecule has 0 fully saturated rings. The molecule has 0 aliphatic heterocycles. The average molecular weight is 494 g/mol. The first-order chi connectivity index (χ1) is 12.0. The SMILES string of the molecule is CCNC(=NCCc1nc(C)c(C)s1)NCCc1cccc(F)c1F.I. The Morgan fingerprint density at radius 1 is 1.19 bits per heavy atom. The second-order valence-electron chi connectivity index (χ2n) is 5.65. The van der Waals surface area contributed by atoms with E-state index in [1.165, 1.54) is 10.9 Å². The summed E-state index contributed by atoms with van der Waals surface area (Å²) in [6, 6.07) is 4.24. The Labute approximate surface area is 174 Å². The molecule has 0 amide bonds. The molecular weight excluding hydrogens is 469 g/mol. The van der Waals surface area contributed by atoms with Crippen LogP contribution >= 0.6 is 35.3 Å². The Bertz CT molecular complexity index is 714. The zero-order valence-electron chi connectivity index (χ0n) is 15.2. The van der Waals surface area contributed by atoms with E-state index in [0.717, 1.165) is 29.7 Å². The van der Waals surface area contributed by atoms with E-state index in [-0.39, 0.29) is 24.0 Å². The maximum Gasteiger partial charge on any atom is 0.191 e. The lowest BCUT2D eigenvalue weighted by Crippen LogP contribution is -2.38. The highest BCUT2D eigenvalue weighted by molar-refractivity contribution is 14.0. The van der Waals surface area contributed by atoms with E-state index in [4.69, 9.17) is 0 Å². The zero-order chi connectivity index (χ0) is 18.2. The van der Waals surface area contributed by atoms with Crippen LogP contribution in [0.25, 0.3) is 0 Å². The van der Waals surface area contributed by atoms with E-state index in [2.05, 4.69) is 27.5 Å². The average Bonchev–Trinajstić information content (AvgIpc) is 2.89. The number of rotatable bonds is 7. The predicted molar refractivity (Wildman–Crippen MR) is 115 cm³/mol. The van der Waals surface area contributed by atoms with Gasteiger partial charge in [0.25, 0.3) is 0 Å². The van der Waals surface area contributed by atoms with Crippen molar-refractivity contribution in [3.05, 3.63) is 51.0 Å². The smallest absolute Gasteiger partial charge is 0.191 e. The minimum Gasteiger partial charge on any atom is -0.357 e. The second kappa shape index (κ2) is 11.4. The highest BCUT2D eigenvalue weighted by atomic mass is 127. The van der Waals surface area contributed by atoms with Crippen LogP contribution in [0.15, 0.2) is 23.2 Å². The maximum absolute atomic E-state index is 13.6. The molecule has 26 heavy (non-hydrogen) atoms. The zero-order valence-corrected chi connectivity index (χ0v) is 18.4. The van der Waals surface area contributed by atoms with Gasteiger partial charge in [0, 0.05) is 30.9 Å². The van der Waals surface area contributed by atoms with E-state index >= 15 is 0 Å². The minimum atomic E-state index is -0.813. The number of aryl methyl sites for hydroxylation is 2. The third-order valence-electron chi connectivity index (χ3n) is 3.73. The van der Waals surface area contributed by atoms with Crippen molar-refractivity contribution in [3.8, 4) is 0 Å². The third-order valence-corrected chi connectivity index (χ3v) is 4.86. The Balaban J connectivity index is 0.00000338. The first kappa shape index (κ1) is 22.8. The first-order valence-corrected chi connectivity index (χ1v) is 9.21. The number of halogens is 3. The van der Waals surface area contributed by atoms with Gasteiger partial charge in [0.05, 0.1) is 10.7 Å². The summed E-state index contributed by atoms with van der Waals surface area (Å²) in [6.45, 7) is 7.89. The van der Waals surface area contributed by atoms with Crippen molar-refractivity contribution in [3.63, 3.8) is 0 Å². The molecule has 4 nitrogen and oxygen atoms in total. The topological polar surface area (TPSA) is 49.3 Å². The van der Waals surface area contributed by atoms with Crippen LogP contribution in [0.4, 0.5) is 8.78 Å². The molecule has 0 spiro atoms. The number of hydrogen-bond donors (Lipinski definition) is 2. The van der Waals surface area contributed by atoms with Gasteiger partial charge < -0.3 is 10.6 Å². The summed E-state index contributed by atoms with van der Waals surface area (Å²) >= 11 is 1.70. The summed E-state index contributed by atoms with van der Waals surface area (Å²) in [5.41, 5.74) is 1.43. The molecular formula is C18H25F2IN4S. The normalized spacial score (nSPS) is 11.2. The first-order valence-electron chi connectivity index (χ1n) is 8.39. The van der Waals surface area contributed by atoms with Gasteiger partial charge in [0.15, 0.2) is 17.6 Å². The van der Waals surface area contributed by atoms with Crippen molar-refractivity contribution in [2.75, 3.05) is 19.6 Å². The molecule has 0 unspecified atom stereocenters. The fourth-order valence-electron chi connectivity index (χ4n) is 2.31. The van der Waals surface area contributed by atoms with Gasteiger partial charge in [-0.2, -0.15) is 0 Å². The molecule has 8 heteroatoms. The molecule has 0 atom stereocenters. The van der Waals surface area contributed by atoms with Crippen LogP contribution in [-0.2, 0) is 12.8 Å². The van der Waals surface area contributed by atoms with Crippen molar-refractivity contribution in [1.82, 2.24) is 15.6 Å². The van der Waals surface area contributed by atoms with Gasteiger partial charge in [-0.15, -0.1) is 35.3 Å². The van der Waals surface area contributed by atoms with Crippen LogP contribution in [0.3, 0.4) is 0 Å². The molecule has 2 aromatic rings. The third kappa shape index (κ3) is 6.79. The van der Waals surface area contributed by atoms with E-state index in [9.17, 15) is 8.78 Å². The molecule has 1 aromatic carbocycles. The van der Waals surface area contributed by atoms with Crippen LogP contribution in [0, 0.1) is 25.5 Å². The van der Waals surface area contributed by atoms with E-state index in [1.54, 1.807) is 17.4 Å². The summed E-state index contributed by atoms with van der Waals surface area (Å²) in [5.74, 6) is -0.919. The van der Waals surface area contributed by atoms with Crippen molar-refractivity contribution in [2.45, 2.75) is 33.6 Å². The Kier molecular flexibility index (Phi) is 10.0. The van der Waals surface area contributed by atoms with E-state index < -0.39 is 11.6 Å². The molecule has 0 saturated heterocycles. The summed E-state index contributed by atoms with van der Waals surface area (Å²) in [7, 11) is 0. The molecule has 0 aliphatic rings. The van der Waals surface area contributed by atoms with Crippen molar-refractivity contribution in [1.29, 1.82) is 0 Å². The van der Waals surface area contributed by atoms with Gasteiger partial charge >= 0.3 is 0 Å². The largest absolute Gasteiger partial charge is 0.357 e. The Morgan fingerprint density at radius 2 is 1.96 bits per heavy atom. The van der Waals surface area contributed by atoms with Crippen LogP contribution in [-0.4, -0.2) is 30.6 Å². The van der Waals surface area contributed by atoms with Gasteiger partial charge in [-0.05, 0) is 38.8 Å². The van der Waals surface area contributed by atoms with E-state index in [0.29, 0.717) is 31.0 Å². The van der Waals surface area contributed by atoms with Gasteiger partial charge in [-0.25, -0.2) is 13.8 Å². The second-order valence-corrected chi connectivity index (χ2v) is 6.94. The Morgan fingerprint density at radius 3 is 2.62 bits per heavy atom. The minimum absolute atomic E-state index is 0. The molecule has 0 radical (unpaired) electrons. The predicted octanol–water partition coefficient (Wildman–Crippen LogP) is 4.00. The summed E-state index contributed by atoms with van der Waals surface area (Å²) in [5, 5.41) is 7.38. The number of nitrogens with one attached hydrogen (secondary N) is 2. The van der Waals surface area contributed by atoms with Crippen molar-refractivity contribution >= 4 is 41.3 Å². The number of guanidine groups is 1. The quantitative estimate of drug-likeness (QED) is 0.348. The Hall–Kier alpha value is -1.29. The van der Waals surface area contributed by atoms with Crippen molar-refractivity contribution in [2.24, 2.45) is 4.99 Å². The highest BCUT2D eigenvalue weighted by Gasteiger charge is 2.07. The van der Waals surface area contributed by atoms with E-state index in [1.807, 2.05) is 13.8 Å². The molecule has 0 aliphatic carbocycles. The number of aliphatic imine (C=N–C) groups is 1. The number of nitrogens with zero attached hydrogens (tertiary/aromatic N) is 2. The number of hydrogen-bond acceptors (Lipinski definition) is 3. The number of aromatic nitrogens is 1. The number of benzene rings is 1. The van der Waals surface area contributed by atoms with Crippen LogP contribution in [0.2, 0.25) is 0 Å². The van der Waals surface area contributed by atoms with Gasteiger partial charge in [0.2, 0.25) is 0 Å². The summed E-state index contributed by atoms with van der Waals surface area (Å²) in [6.07, 6.45) is 1.17. The summed E-state index contributed by atoms with van der Waals surface area (Å²) in [4.78, 5) is 10.3. The lowest BCUT2D eigenvalue weighted by atomic mass is 10.1. The van der Waals surface area contributed by atoms with Gasteiger partial charge in [-0.1, -0.05) is 12.1 Å². The summed E-state index contributed by atoms with van der Waals surface area (Å²) < 4.78 is 26.9. The molecule has 2 N–H and O–H groups in total. The van der Waals surface area contributed by atoms with Gasteiger partial charge in [0.1, 0.15) is 0 Å². The standard InChI is InChI=1S/C18H24F2N4S.HI/c1-4-21-18(23-11-9-16-24-12(2)13(3)25-16)22-10-8-14-6-5-7-15(19)17(14)20;/h5-7H,4,8-11H2,1-3H3,(H2,21,22,23);1H. The molecule has 0 saturated carbocycles. The van der Waals surface area contributed by atoms with Crippen LogP contribution in [0.5, 0.6) is 0 Å². The molecule has 1 heterocycles. The fourth-order valence-corrected chi connectivity index (χ4v) is 3.23. The van der Waals surface area contributed by atoms with Gasteiger partial charge in [-0.3, -0.25) is 4.99 Å². The van der Waals surface area contributed by atoms with Crippen LogP contribution < -0.4 is 10.6 Å². The monoisotopic (exact) mass is 494 g/mol. The fraction of sp³-hybridized carbons (Fsp3) is 0.444. The highest BCUT2D eigenvalue weighted by Crippen LogP contribution is 2.16. The lowest BCUT2D eigenvalue weighted by Gasteiger charge is -2.11. The molecule has 144 valence electrons.